The Morgan fingerprint density at radius 1 is 1.50 bits per heavy atom. The fraction of sp³-hybridized carbons (Fsp3) is 0.625. The van der Waals surface area contributed by atoms with Crippen molar-refractivity contribution < 1.29 is 4.74 Å². The number of hydrogen-bond acceptors (Lipinski definition) is 3. The molecule has 1 fully saturated rings. The monoisotopic (exact) mass is 296 g/mol. The van der Waals surface area contributed by atoms with Gasteiger partial charge in [-0.2, -0.15) is 0 Å². The van der Waals surface area contributed by atoms with E-state index in [4.69, 9.17) is 16.3 Å². The standard InChI is InChI=1S/C16H25ClN2O/c1-4-8-18-12(2)15-6-5-13(10-16(15)17)19-9-7-14(11-19)20-3/h5-6,10,12,14,18H,4,7-9,11H2,1-3H3. The third-order valence-corrected chi connectivity index (χ3v) is 4.32. The van der Waals surface area contributed by atoms with Gasteiger partial charge in [-0.1, -0.05) is 24.6 Å². The van der Waals surface area contributed by atoms with Gasteiger partial charge in [-0.15, -0.1) is 0 Å². The molecule has 1 aromatic rings. The Bertz CT molecular complexity index is 438. The molecule has 3 nitrogen and oxygen atoms in total. The van der Waals surface area contributed by atoms with Crippen molar-refractivity contribution in [1.29, 1.82) is 0 Å². The van der Waals surface area contributed by atoms with E-state index in [2.05, 4.69) is 42.3 Å². The smallest absolute Gasteiger partial charge is 0.0762 e. The first kappa shape index (κ1) is 15.6. The number of benzene rings is 1. The Labute approximate surface area is 127 Å². The van der Waals surface area contributed by atoms with Crippen LogP contribution >= 0.6 is 11.6 Å². The van der Waals surface area contributed by atoms with Crippen LogP contribution in [0.15, 0.2) is 18.2 Å². The van der Waals surface area contributed by atoms with Crippen molar-refractivity contribution in [3.63, 3.8) is 0 Å². The SMILES string of the molecule is CCCNC(C)c1ccc(N2CCC(OC)C2)cc1Cl. The quantitative estimate of drug-likeness (QED) is 0.867. The highest BCUT2D eigenvalue weighted by atomic mass is 35.5. The lowest BCUT2D eigenvalue weighted by atomic mass is 10.1. The van der Waals surface area contributed by atoms with Crippen LogP contribution in [0.25, 0.3) is 0 Å². The van der Waals surface area contributed by atoms with Crippen LogP contribution in [-0.2, 0) is 4.74 Å². The average molecular weight is 297 g/mol. The summed E-state index contributed by atoms with van der Waals surface area (Å²) in [5.74, 6) is 0. The highest BCUT2D eigenvalue weighted by Gasteiger charge is 2.22. The van der Waals surface area contributed by atoms with Crippen LogP contribution in [0.1, 0.15) is 38.3 Å². The van der Waals surface area contributed by atoms with Crippen molar-refractivity contribution in [3.05, 3.63) is 28.8 Å². The normalized spacial score (nSPS) is 20.4. The molecule has 2 unspecified atom stereocenters. The summed E-state index contributed by atoms with van der Waals surface area (Å²) in [5.41, 5.74) is 2.37. The zero-order valence-electron chi connectivity index (χ0n) is 12.7. The van der Waals surface area contributed by atoms with E-state index in [0.717, 1.165) is 37.5 Å². The summed E-state index contributed by atoms with van der Waals surface area (Å²) < 4.78 is 5.41. The van der Waals surface area contributed by atoms with E-state index in [1.165, 1.54) is 11.3 Å². The molecule has 1 aromatic carbocycles. The molecule has 1 heterocycles. The average Bonchev–Trinajstić information content (AvgIpc) is 2.93. The van der Waals surface area contributed by atoms with E-state index in [9.17, 15) is 0 Å². The van der Waals surface area contributed by atoms with Gasteiger partial charge < -0.3 is 15.0 Å². The highest BCUT2D eigenvalue weighted by molar-refractivity contribution is 6.31. The molecule has 2 rings (SSSR count). The molecule has 112 valence electrons. The molecule has 4 heteroatoms. The lowest BCUT2D eigenvalue weighted by Gasteiger charge is -2.21. The van der Waals surface area contributed by atoms with Gasteiger partial charge in [-0.05, 0) is 44.0 Å². The summed E-state index contributed by atoms with van der Waals surface area (Å²) in [6.45, 7) is 7.34. The summed E-state index contributed by atoms with van der Waals surface area (Å²) in [6.07, 6.45) is 2.56. The van der Waals surface area contributed by atoms with Gasteiger partial charge in [0.05, 0.1) is 6.10 Å². The molecule has 1 N–H and O–H groups in total. The fourth-order valence-electron chi connectivity index (χ4n) is 2.69. The summed E-state index contributed by atoms with van der Waals surface area (Å²) >= 11 is 6.45. The summed E-state index contributed by atoms with van der Waals surface area (Å²) in [4.78, 5) is 2.34. The van der Waals surface area contributed by atoms with Gasteiger partial charge in [-0.3, -0.25) is 0 Å². The van der Waals surface area contributed by atoms with Crippen molar-refractivity contribution in [2.75, 3.05) is 31.6 Å². The predicted molar refractivity (Wildman–Crippen MR) is 85.8 cm³/mol. The number of nitrogens with zero attached hydrogens (tertiary/aromatic N) is 1. The fourth-order valence-corrected chi connectivity index (χ4v) is 3.03. The second-order valence-corrected chi connectivity index (χ2v) is 5.88. The number of rotatable bonds is 6. The third-order valence-electron chi connectivity index (χ3n) is 3.99. The van der Waals surface area contributed by atoms with Crippen molar-refractivity contribution in [1.82, 2.24) is 5.32 Å². The molecular formula is C16H25ClN2O. The van der Waals surface area contributed by atoms with Gasteiger partial charge in [0.1, 0.15) is 0 Å². The van der Waals surface area contributed by atoms with Crippen molar-refractivity contribution >= 4 is 17.3 Å². The molecule has 1 aliphatic rings. The van der Waals surface area contributed by atoms with E-state index in [1.807, 2.05) is 0 Å². The van der Waals surface area contributed by atoms with E-state index in [0.29, 0.717) is 12.1 Å². The molecule has 0 spiro atoms. The Hall–Kier alpha value is -0.770. The first-order valence-corrected chi connectivity index (χ1v) is 7.84. The highest BCUT2D eigenvalue weighted by Crippen LogP contribution is 2.30. The number of nitrogens with one attached hydrogen (secondary N) is 1. The summed E-state index contributed by atoms with van der Waals surface area (Å²) in [5, 5.41) is 4.32. The number of hydrogen-bond donors (Lipinski definition) is 1. The first-order valence-electron chi connectivity index (χ1n) is 7.46. The van der Waals surface area contributed by atoms with Gasteiger partial charge >= 0.3 is 0 Å². The molecule has 1 saturated heterocycles. The van der Waals surface area contributed by atoms with Crippen molar-refractivity contribution in [2.45, 2.75) is 38.8 Å². The zero-order chi connectivity index (χ0) is 14.5. The topological polar surface area (TPSA) is 24.5 Å². The molecule has 2 atom stereocenters. The minimum absolute atomic E-state index is 0.293. The summed E-state index contributed by atoms with van der Waals surface area (Å²) in [6, 6.07) is 6.69. The van der Waals surface area contributed by atoms with Crippen LogP contribution in [0.5, 0.6) is 0 Å². The number of anilines is 1. The van der Waals surface area contributed by atoms with E-state index in [1.54, 1.807) is 7.11 Å². The Morgan fingerprint density at radius 3 is 2.90 bits per heavy atom. The number of ether oxygens (including phenoxy) is 1. The van der Waals surface area contributed by atoms with E-state index >= 15 is 0 Å². The van der Waals surface area contributed by atoms with Gasteiger partial charge in [0.2, 0.25) is 0 Å². The molecule has 0 saturated carbocycles. The van der Waals surface area contributed by atoms with Gasteiger partial charge in [-0.25, -0.2) is 0 Å². The maximum Gasteiger partial charge on any atom is 0.0762 e. The van der Waals surface area contributed by atoms with Gasteiger partial charge in [0, 0.05) is 37.0 Å². The lowest BCUT2D eigenvalue weighted by Crippen LogP contribution is -2.23. The molecule has 20 heavy (non-hydrogen) atoms. The van der Waals surface area contributed by atoms with Crippen molar-refractivity contribution in [2.24, 2.45) is 0 Å². The largest absolute Gasteiger partial charge is 0.380 e. The second-order valence-electron chi connectivity index (χ2n) is 5.47. The molecular weight excluding hydrogens is 272 g/mol. The third kappa shape index (κ3) is 3.66. The van der Waals surface area contributed by atoms with Crippen LogP contribution < -0.4 is 10.2 Å². The Balaban J connectivity index is 2.06. The maximum absolute atomic E-state index is 6.45. The molecule has 0 radical (unpaired) electrons. The molecule has 0 aliphatic carbocycles. The van der Waals surface area contributed by atoms with Gasteiger partial charge in [0.25, 0.3) is 0 Å². The minimum atomic E-state index is 0.293. The van der Waals surface area contributed by atoms with Crippen LogP contribution in [0, 0.1) is 0 Å². The zero-order valence-corrected chi connectivity index (χ0v) is 13.4. The predicted octanol–water partition coefficient (Wildman–Crippen LogP) is 3.63. The van der Waals surface area contributed by atoms with Crippen LogP contribution in [0.2, 0.25) is 5.02 Å². The lowest BCUT2D eigenvalue weighted by molar-refractivity contribution is 0.121. The maximum atomic E-state index is 6.45. The Morgan fingerprint density at radius 2 is 2.30 bits per heavy atom. The number of halogens is 1. The van der Waals surface area contributed by atoms with Crippen LogP contribution in [0.4, 0.5) is 5.69 Å². The Kier molecular flexibility index (Phi) is 5.70. The van der Waals surface area contributed by atoms with Gasteiger partial charge in [0.15, 0.2) is 0 Å². The first-order chi connectivity index (χ1) is 9.65. The molecule has 0 amide bonds. The molecule has 0 aromatic heterocycles. The number of methoxy groups -OCH3 is 1. The van der Waals surface area contributed by atoms with Crippen LogP contribution in [0.3, 0.4) is 0 Å². The van der Waals surface area contributed by atoms with Crippen LogP contribution in [-0.4, -0.2) is 32.8 Å². The molecule has 0 bridgehead atoms. The molecule has 1 aliphatic heterocycles. The minimum Gasteiger partial charge on any atom is -0.380 e. The van der Waals surface area contributed by atoms with E-state index in [-0.39, 0.29) is 0 Å². The summed E-state index contributed by atoms with van der Waals surface area (Å²) in [7, 11) is 1.78. The van der Waals surface area contributed by atoms with Crippen molar-refractivity contribution in [3.8, 4) is 0 Å². The van der Waals surface area contributed by atoms with E-state index < -0.39 is 0 Å². The second kappa shape index (κ2) is 7.30.